The third-order valence-electron chi connectivity index (χ3n) is 3.18. The molecule has 0 radical (unpaired) electrons. The van der Waals surface area contributed by atoms with Gasteiger partial charge in [-0.25, -0.2) is 0 Å². The van der Waals surface area contributed by atoms with Gasteiger partial charge in [-0.1, -0.05) is 5.21 Å². The Morgan fingerprint density at radius 2 is 2.44 bits per heavy atom. The molecule has 1 aromatic heterocycles. The van der Waals surface area contributed by atoms with E-state index in [9.17, 15) is 4.79 Å². The Kier molecular flexibility index (Phi) is 3.96. The average Bonchev–Trinajstić information content (AvgIpc) is 2.80. The molecule has 0 aliphatic carbocycles. The van der Waals surface area contributed by atoms with E-state index >= 15 is 0 Å². The zero-order chi connectivity index (χ0) is 13.0. The van der Waals surface area contributed by atoms with E-state index in [-0.39, 0.29) is 17.4 Å². The minimum atomic E-state index is -0.188. The second-order valence-corrected chi connectivity index (χ2v) is 5.26. The first kappa shape index (κ1) is 13.0. The Morgan fingerprint density at radius 1 is 1.61 bits per heavy atom. The first-order chi connectivity index (χ1) is 8.57. The van der Waals surface area contributed by atoms with Gasteiger partial charge < -0.3 is 10.1 Å². The average molecular weight is 252 g/mol. The van der Waals surface area contributed by atoms with Crippen molar-refractivity contribution in [1.29, 1.82) is 0 Å². The standard InChI is InChI=1S/C12H20N4O2/c1-12(2)9-10(3-8-18-12)11(17)13-4-6-16-7-5-14-15-16/h5,7,10H,3-4,6,8-9H2,1-2H3,(H,13,17). The van der Waals surface area contributed by atoms with Gasteiger partial charge in [-0.3, -0.25) is 9.48 Å². The molecular formula is C12H20N4O2. The molecule has 18 heavy (non-hydrogen) atoms. The molecule has 0 aromatic carbocycles. The molecule has 0 bridgehead atoms. The summed E-state index contributed by atoms with van der Waals surface area (Å²) in [6, 6.07) is 0. The molecule has 1 atom stereocenters. The van der Waals surface area contributed by atoms with Crippen LogP contribution in [0.15, 0.2) is 12.4 Å². The normalized spacial score (nSPS) is 22.7. The minimum Gasteiger partial charge on any atom is -0.376 e. The van der Waals surface area contributed by atoms with Gasteiger partial charge in [0.1, 0.15) is 0 Å². The Bertz CT molecular complexity index is 389. The predicted octanol–water partition coefficient (Wildman–Crippen LogP) is 0.599. The number of carbonyl (C=O) groups excluding carboxylic acids is 1. The second kappa shape index (κ2) is 5.48. The van der Waals surface area contributed by atoms with Crippen LogP contribution >= 0.6 is 0 Å². The molecule has 0 saturated carbocycles. The smallest absolute Gasteiger partial charge is 0.223 e. The van der Waals surface area contributed by atoms with E-state index < -0.39 is 0 Å². The molecule has 1 N–H and O–H groups in total. The zero-order valence-corrected chi connectivity index (χ0v) is 10.9. The lowest BCUT2D eigenvalue weighted by Crippen LogP contribution is -2.42. The van der Waals surface area contributed by atoms with Crippen molar-refractivity contribution >= 4 is 5.91 Å². The summed E-state index contributed by atoms with van der Waals surface area (Å²) < 4.78 is 7.31. The molecule has 1 amide bonds. The summed E-state index contributed by atoms with van der Waals surface area (Å²) in [4.78, 5) is 12.0. The fraction of sp³-hybridized carbons (Fsp3) is 0.750. The van der Waals surface area contributed by atoms with E-state index in [2.05, 4.69) is 15.6 Å². The summed E-state index contributed by atoms with van der Waals surface area (Å²) >= 11 is 0. The molecule has 100 valence electrons. The monoisotopic (exact) mass is 252 g/mol. The van der Waals surface area contributed by atoms with E-state index in [1.165, 1.54) is 0 Å². The summed E-state index contributed by atoms with van der Waals surface area (Å²) in [7, 11) is 0. The topological polar surface area (TPSA) is 69.0 Å². The molecular weight excluding hydrogens is 232 g/mol. The zero-order valence-electron chi connectivity index (χ0n) is 10.9. The molecule has 1 aliphatic heterocycles. The number of amides is 1. The molecule has 1 fully saturated rings. The first-order valence-corrected chi connectivity index (χ1v) is 6.33. The van der Waals surface area contributed by atoms with Gasteiger partial charge in [-0.2, -0.15) is 0 Å². The van der Waals surface area contributed by atoms with Crippen molar-refractivity contribution in [3.8, 4) is 0 Å². The SMILES string of the molecule is CC1(C)CC(C(=O)NCCn2ccnn2)CCO1. The third kappa shape index (κ3) is 3.53. The number of hydrogen-bond donors (Lipinski definition) is 1. The van der Waals surface area contributed by atoms with Crippen LogP contribution in [0.25, 0.3) is 0 Å². The van der Waals surface area contributed by atoms with Gasteiger partial charge >= 0.3 is 0 Å². The summed E-state index contributed by atoms with van der Waals surface area (Å²) in [6.07, 6.45) is 4.99. The lowest BCUT2D eigenvalue weighted by molar-refractivity contribution is -0.135. The van der Waals surface area contributed by atoms with Crippen LogP contribution in [-0.2, 0) is 16.1 Å². The van der Waals surface area contributed by atoms with Crippen LogP contribution in [0.2, 0.25) is 0 Å². The van der Waals surface area contributed by atoms with Crippen molar-refractivity contribution in [2.75, 3.05) is 13.2 Å². The lowest BCUT2D eigenvalue weighted by Gasteiger charge is -2.34. The van der Waals surface area contributed by atoms with Crippen molar-refractivity contribution in [3.63, 3.8) is 0 Å². The van der Waals surface area contributed by atoms with Gasteiger partial charge in [-0.15, -0.1) is 5.10 Å². The molecule has 0 spiro atoms. The molecule has 1 aromatic rings. The maximum absolute atomic E-state index is 12.0. The maximum atomic E-state index is 12.0. The number of ether oxygens (including phenoxy) is 1. The maximum Gasteiger partial charge on any atom is 0.223 e. The molecule has 2 rings (SSSR count). The predicted molar refractivity (Wildman–Crippen MR) is 65.8 cm³/mol. The summed E-state index contributed by atoms with van der Waals surface area (Å²) in [6.45, 7) is 5.95. The molecule has 2 heterocycles. The summed E-state index contributed by atoms with van der Waals surface area (Å²) in [5, 5.41) is 10.5. The van der Waals surface area contributed by atoms with Crippen LogP contribution in [0.3, 0.4) is 0 Å². The lowest BCUT2D eigenvalue weighted by atomic mass is 9.88. The highest BCUT2D eigenvalue weighted by molar-refractivity contribution is 5.78. The first-order valence-electron chi connectivity index (χ1n) is 6.33. The summed E-state index contributed by atoms with van der Waals surface area (Å²) in [5.41, 5.74) is -0.188. The van der Waals surface area contributed by atoms with Crippen LogP contribution < -0.4 is 5.32 Å². The Balaban J connectivity index is 1.74. The molecule has 6 nitrogen and oxygen atoms in total. The van der Waals surface area contributed by atoms with Crippen molar-refractivity contribution in [2.45, 2.75) is 38.8 Å². The van der Waals surface area contributed by atoms with Gasteiger partial charge in [0, 0.05) is 25.3 Å². The number of hydrogen-bond acceptors (Lipinski definition) is 4. The van der Waals surface area contributed by atoms with E-state index in [0.717, 1.165) is 12.8 Å². The van der Waals surface area contributed by atoms with E-state index in [1.54, 1.807) is 17.1 Å². The fourth-order valence-electron chi connectivity index (χ4n) is 2.25. The number of aromatic nitrogens is 3. The number of rotatable bonds is 4. The van der Waals surface area contributed by atoms with E-state index in [0.29, 0.717) is 19.7 Å². The van der Waals surface area contributed by atoms with E-state index in [1.807, 2.05) is 13.8 Å². The fourth-order valence-corrected chi connectivity index (χ4v) is 2.25. The van der Waals surface area contributed by atoms with Crippen molar-refractivity contribution in [1.82, 2.24) is 20.3 Å². The number of nitrogens with zero attached hydrogens (tertiary/aromatic N) is 3. The highest BCUT2D eigenvalue weighted by Gasteiger charge is 2.32. The van der Waals surface area contributed by atoms with Crippen LogP contribution in [-0.4, -0.2) is 39.7 Å². The van der Waals surface area contributed by atoms with Gasteiger partial charge in [0.05, 0.1) is 18.3 Å². The van der Waals surface area contributed by atoms with Crippen LogP contribution in [0.4, 0.5) is 0 Å². The van der Waals surface area contributed by atoms with Gasteiger partial charge in [-0.05, 0) is 26.7 Å². The molecule has 1 unspecified atom stereocenters. The Hall–Kier alpha value is -1.43. The minimum absolute atomic E-state index is 0.0597. The van der Waals surface area contributed by atoms with Gasteiger partial charge in [0.25, 0.3) is 0 Å². The number of nitrogens with one attached hydrogen (secondary N) is 1. The van der Waals surface area contributed by atoms with Gasteiger partial charge in [0.2, 0.25) is 5.91 Å². The highest BCUT2D eigenvalue weighted by atomic mass is 16.5. The van der Waals surface area contributed by atoms with E-state index in [4.69, 9.17) is 4.74 Å². The second-order valence-electron chi connectivity index (χ2n) is 5.26. The molecule has 1 saturated heterocycles. The highest BCUT2D eigenvalue weighted by Crippen LogP contribution is 2.28. The van der Waals surface area contributed by atoms with Crippen LogP contribution in [0, 0.1) is 5.92 Å². The van der Waals surface area contributed by atoms with Crippen molar-refractivity contribution in [2.24, 2.45) is 5.92 Å². The van der Waals surface area contributed by atoms with Crippen molar-refractivity contribution < 1.29 is 9.53 Å². The Morgan fingerprint density at radius 3 is 3.11 bits per heavy atom. The summed E-state index contributed by atoms with van der Waals surface area (Å²) in [5.74, 6) is 0.177. The van der Waals surface area contributed by atoms with Gasteiger partial charge in [0.15, 0.2) is 0 Å². The number of carbonyl (C=O) groups is 1. The van der Waals surface area contributed by atoms with Crippen molar-refractivity contribution in [3.05, 3.63) is 12.4 Å². The van der Waals surface area contributed by atoms with Crippen LogP contribution in [0.5, 0.6) is 0 Å². The largest absolute Gasteiger partial charge is 0.376 e. The molecule has 1 aliphatic rings. The molecule has 6 heteroatoms. The third-order valence-corrected chi connectivity index (χ3v) is 3.18. The quantitative estimate of drug-likeness (QED) is 0.852. The van der Waals surface area contributed by atoms with Crippen LogP contribution in [0.1, 0.15) is 26.7 Å². The Labute approximate surface area is 107 Å².